The van der Waals surface area contributed by atoms with Gasteiger partial charge in [0.2, 0.25) is 0 Å². The highest BCUT2D eigenvalue weighted by atomic mass is 79.9. The van der Waals surface area contributed by atoms with Crippen molar-refractivity contribution in [3.8, 4) is 0 Å². The molecule has 0 aliphatic rings. The molecule has 0 unspecified atom stereocenters. The lowest BCUT2D eigenvalue weighted by atomic mass is 10.1. The van der Waals surface area contributed by atoms with Crippen LogP contribution in [0.25, 0.3) is 0 Å². The number of hydrogen-bond donors (Lipinski definition) is 1. The number of benzene rings is 1. The first-order chi connectivity index (χ1) is 6.49. The van der Waals surface area contributed by atoms with Crippen LogP contribution in [-0.2, 0) is 5.33 Å². The fraction of sp³-hybridized carbons (Fsp3) is 0.222. The lowest BCUT2D eigenvalue weighted by Crippen LogP contribution is -2.07. The van der Waals surface area contributed by atoms with Crippen molar-refractivity contribution in [2.75, 3.05) is 0 Å². The SMILES string of the molecule is Cc1cc(C(=O)O)c(F)c(CBr)c1F. The van der Waals surface area contributed by atoms with E-state index in [0.29, 0.717) is 0 Å². The maximum absolute atomic E-state index is 13.3. The van der Waals surface area contributed by atoms with Gasteiger partial charge in [-0.2, -0.15) is 0 Å². The molecule has 0 aromatic heterocycles. The average molecular weight is 265 g/mol. The Kier molecular flexibility index (Phi) is 3.21. The van der Waals surface area contributed by atoms with Gasteiger partial charge in [0.15, 0.2) is 0 Å². The van der Waals surface area contributed by atoms with Gasteiger partial charge in [0.1, 0.15) is 11.6 Å². The minimum Gasteiger partial charge on any atom is -0.478 e. The van der Waals surface area contributed by atoms with E-state index in [-0.39, 0.29) is 16.5 Å². The summed E-state index contributed by atoms with van der Waals surface area (Å²) >= 11 is 2.90. The van der Waals surface area contributed by atoms with Gasteiger partial charge in [0.25, 0.3) is 0 Å². The Bertz CT molecular complexity index is 391. The second kappa shape index (κ2) is 4.04. The Balaban J connectivity index is 3.50. The number of carbonyl (C=O) groups is 1. The number of alkyl halides is 1. The fourth-order valence-corrected chi connectivity index (χ4v) is 1.61. The summed E-state index contributed by atoms with van der Waals surface area (Å²) in [4.78, 5) is 10.6. The first-order valence-electron chi connectivity index (χ1n) is 3.75. The topological polar surface area (TPSA) is 37.3 Å². The highest BCUT2D eigenvalue weighted by Gasteiger charge is 2.19. The van der Waals surface area contributed by atoms with Crippen molar-refractivity contribution in [1.29, 1.82) is 0 Å². The number of aromatic carboxylic acids is 1. The third-order valence-corrected chi connectivity index (χ3v) is 2.40. The molecule has 0 bridgehead atoms. The van der Waals surface area contributed by atoms with E-state index in [1.807, 2.05) is 0 Å². The predicted octanol–water partition coefficient (Wildman–Crippen LogP) is 2.87. The molecule has 1 aromatic rings. The molecule has 0 atom stereocenters. The van der Waals surface area contributed by atoms with Crippen LogP contribution in [0.2, 0.25) is 0 Å². The summed E-state index contributed by atoms with van der Waals surface area (Å²) in [6, 6.07) is 0.985. The highest BCUT2D eigenvalue weighted by molar-refractivity contribution is 9.08. The summed E-state index contributed by atoms with van der Waals surface area (Å²) in [6.45, 7) is 1.40. The summed E-state index contributed by atoms with van der Waals surface area (Å²) in [5.41, 5.74) is -0.626. The van der Waals surface area contributed by atoms with E-state index in [0.717, 1.165) is 6.07 Å². The van der Waals surface area contributed by atoms with Crippen molar-refractivity contribution in [3.05, 3.63) is 34.4 Å². The van der Waals surface area contributed by atoms with E-state index in [4.69, 9.17) is 5.11 Å². The van der Waals surface area contributed by atoms with Gasteiger partial charge in [0.05, 0.1) is 5.56 Å². The average Bonchev–Trinajstić information content (AvgIpc) is 2.12. The van der Waals surface area contributed by atoms with Crippen LogP contribution in [0, 0.1) is 18.6 Å². The van der Waals surface area contributed by atoms with E-state index in [1.54, 1.807) is 0 Å². The van der Waals surface area contributed by atoms with Crippen molar-refractivity contribution in [2.24, 2.45) is 0 Å². The summed E-state index contributed by atoms with van der Waals surface area (Å²) in [5, 5.41) is 8.57. The van der Waals surface area contributed by atoms with E-state index in [1.165, 1.54) is 6.92 Å². The molecule has 0 aliphatic heterocycles. The number of halogens is 3. The number of aryl methyl sites for hydroxylation is 1. The molecule has 1 aromatic carbocycles. The quantitative estimate of drug-likeness (QED) is 0.835. The minimum absolute atomic E-state index is 0.0490. The van der Waals surface area contributed by atoms with Crippen molar-refractivity contribution in [3.63, 3.8) is 0 Å². The summed E-state index contributed by atoms with van der Waals surface area (Å²) in [6.07, 6.45) is 0. The Morgan fingerprint density at radius 1 is 1.50 bits per heavy atom. The van der Waals surface area contributed by atoms with Crippen molar-refractivity contribution >= 4 is 21.9 Å². The maximum atomic E-state index is 13.3. The van der Waals surface area contributed by atoms with Crippen molar-refractivity contribution in [2.45, 2.75) is 12.3 Å². The molecule has 0 aliphatic carbocycles. The van der Waals surface area contributed by atoms with Crippen molar-refractivity contribution < 1.29 is 18.7 Å². The Morgan fingerprint density at radius 3 is 2.50 bits per heavy atom. The van der Waals surface area contributed by atoms with Gasteiger partial charge in [-0.1, -0.05) is 15.9 Å². The van der Waals surface area contributed by atoms with Gasteiger partial charge in [-0.3, -0.25) is 0 Å². The largest absolute Gasteiger partial charge is 0.478 e. The van der Waals surface area contributed by atoms with Crippen LogP contribution in [0.3, 0.4) is 0 Å². The second-order valence-corrected chi connectivity index (χ2v) is 3.35. The number of rotatable bonds is 2. The molecule has 0 heterocycles. The molecule has 1 rings (SSSR count). The molecule has 0 amide bonds. The lowest BCUT2D eigenvalue weighted by Gasteiger charge is -2.07. The minimum atomic E-state index is -1.40. The van der Waals surface area contributed by atoms with Gasteiger partial charge in [-0.05, 0) is 18.6 Å². The van der Waals surface area contributed by atoms with E-state index >= 15 is 0 Å². The molecule has 5 heteroatoms. The smallest absolute Gasteiger partial charge is 0.338 e. The van der Waals surface area contributed by atoms with E-state index < -0.39 is 23.2 Å². The molecule has 14 heavy (non-hydrogen) atoms. The van der Waals surface area contributed by atoms with Crippen LogP contribution in [-0.4, -0.2) is 11.1 Å². The molecule has 0 spiro atoms. The van der Waals surface area contributed by atoms with Crippen LogP contribution in [0.5, 0.6) is 0 Å². The summed E-state index contributed by atoms with van der Waals surface area (Å²) in [5.74, 6) is -3.12. The molecular weight excluding hydrogens is 258 g/mol. The van der Waals surface area contributed by atoms with Crippen LogP contribution in [0.4, 0.5) is 8.78 Å². The zero-order valence-electron chi connectivity index (χ0n) is 7.27. The first-order valence-corrected chi connectivity index (χ1v) is 4.88. The van der Waals surface area contributed by atoms with Crippen LogP contribution < -0.4 is 0 Å². The van der Waals surface area contributed by atoms with Crippen LogP contribution in [0.15, 0.2) is 6.07 Å². The fourth-order valence-electron chi connectivity index (χ4n) is 1.11. The number of hydrogen-bond acceptors (Lipinski definition) is 1. The molecule has 0 saturated carbocycles. The number of carboxylic acid groups (broad SMARTS) is 1. The van der Waals surface area contributed by atoms with Crippen molar-refractivity contribution in [1.82, 2.24) is 0 Å². The lowest BCUT2D eigenvalue weighted by molar-refractivity contribution is 0.0691. The third-order valence-electron chi connectivity index (χ3n) is 1.84. The van der Waals surface area contributed by atoms with E-state index in [2.05, 4.69) is 15.9 Å². The van der Waals surface area contributed by atoms with Crippen LogP contribution in [0.1, 0.15) is 21.5 Å². The molecule has 0 radical (unpaired) electrons. The molecule has 1 N–H and O–H groups in total. The molecule has 0 saturated heterocycles. The molecule has 0 fully saturated rings. The molecular formula is C9H7BrF2O2. The predicted molar refractivity (Wildman–Crippen MR) is 50.7 cm³/mol. The maximum Gasteiger partial charge on any atom is 0.338 e. The monoisotopic (exact) mass is 264 g/mol. The summed E-state index contributed by atoms with van der Waals surface area (Å²) in [7, 11) is 0. The van der Waals surface area contributed by atoms with E-state index in [9.17, 15) is 13.6 Å². The first kappa shape index (κ1) is 11.1. The zero-order valence-corrected chi connectivity index (χ0v) is 8.86. The van der Waals surface area contributed by atoms with Gasteiger partial charge in [-0.15, -0.1) is 0 Å². The third kappa shape index (κ3) is 1.77. The Hall–Kier alpha value is -0.970. The normalized spacial score (nSPS) is 10.3. The molecule has 76 valence electrons. The van der Waals surface area contributed by atoms with Gasteiger partial charge >= 0.3 is 5.97 Å². The second-order valence-electron chi connectivity index (χ2n) is 2.79. The Morgan fingerprint density at radius 2 is 2.07 bits per heavy atom. The zero-order chi connectivity index (χ0) is 10.9. The van der Waals surface area contributed by atoms with Crippen LogP contribution >= 0.6 is 15.9 Å². The highest BCUT2D eigenvalue weighted by Crippen LogP contribution is 2.22. The Labute approximate surface area is 87.7 Å². The van der Waals surface area contributed by atoms with Gasteiger partial charge in [-0.25, -0.2) is 13.6 Å². The van der Waals surface area contributed by atoms with Gasteiger partial charge in [0, 0.05) is 10.9 Å². The number of carboxylic acids is 1. The summed E-state index contributed by atoms with van der Waals surface area (Å²) < 4.78 is 26.6. The van der Waals surface area contributed by atoms with Gasteiger partial charge < -0.3 is 5.11 Å². The standard InChI is InChI=1S/C9H7BrF2O2/c1-4-2-5(9(13)14)8(12)6(3-10)7(4)11/h2H,3H2,1H3,(H,13,14). The molecule has 2 nitrogen and oxygen atoms in total.